The molecule has 1 aromatic carbocycles. The molecule has 4 atom stereocenters. The standard InChI is InChI=1S/C21H26O7S/c1-3-13-9-15-19(11-18(13)28-29(2,23)24)27-12-16(21(15)22)14-5-6-17-20(10-14)26-8-4-7-25-17/h5-6,10,12-13,15,18-19H,3-4,7-9,11H2,1-2H3. The first kappa shape index (κ1) is 20.2. The second kappa shape index (κ2) is 7.99. The molecule has 0 N–H and O–H groups in total. The molecule has 0 amide bonds. The molecule has 2 aliphatic heterocycles. The predicted octanol–water partition coefficient (Wildman–Crippen LogP) is 2.94. The number of Topliss-reactive ketones (excluding diaryl/α,β-unsaturated/α-hetero) is 1. The monoisotopic (exact) mass is 422 g/mol. The Labute approximate surface area is 171 Å². The number of carbonyl (C=O) groups excluding carboxylic acids is 1. The zero-order valence-corrected chi connectivity index (χ0v) is 17.4. The molecule has 0 radical (unpaired) electrons. The fraction of sp³-hybridized carbons (Fsp3) is 0.571. The number of fused-ring (bicyclic) bond motifs is 2. The highest BCUT2D eigenvalue weighted by Gasteiger charge is 2.45. The number of hydrogen-bond acceptors (Lipinski definition) is 7. The van der Waals surface area contributed by atoms with E-state index in [1.54, 1.807) is 0 Å². The summed E-state index contributed by atoms with van der Waals surface area (Å²) in [6.45, 7) is 3.17. The summed E-state index contributed by atoms with van der Waals surface area (Å²) in [6, 6.07) is 5.49. The predicted molar refractivity (Wildman–Crippen MR) is 106 cm³/mol. The summed E-state index contributed by atoms with van der Waals surface area (Å²) in [6.07, 6.45) is 4.19. The summed E-state index contributed by atoms with van der Waals surface area (Å²) in [5.41, 5.74) is 1.25. The van der Waals surface area contributed by atoms with Crippen LogP contribution in [0.25, 0.3) is 5.57 Å². The van der Waals surface area contributed by atoms with Gasteiger partial charge in [0.25, 0.3) is 10.1 Å². The van der Waals surface area contributed by atoms with E-state index in [9.17, 15) is 13.2 Å². The van der Waals surface area contributed by atoms with Crippen LogP contribution in [0, 0.1) is 11.8 Å². The van der Waals surface area contributed by atoms with E-state index >= 15 is 0 Å². The third-order valence-corrected chi connectivity index (χ3v) is 6.44. The molecule has 0 saturated heterocycles. The van der Waals surface area contributed by atoms with Crippen molar-refractivity contribution in [2.45, 2.75) is 44.8 Å². The zero-order chi connectivity index (χ0) is 20.6. The molecule has 7 nitrogen and oxygen atoms in total. The first-order chi connectivity index (χ1) is 13.9. The molecule has 3 aliphatic rings. The second-order valence-electron chi connectivity index (χ2n) is 7.87. The van der Waals surface area contributed by atoms with Crippen molar-refractivity contribution in [1.29, 1.82) is 0 Å². The number of allylic oxidation sites excluding steroid dienone is 1. The minimum absolute atomic E-state index is 0.0124. The number of hydrogen-bond donors (Lipinski definition) is 0. The molecule has 2 heterocycles. The Balaban J connectivity index is 1.57. The molecule has 8 heteroatoms. The van der Waals surface area contributed by atoms with Crippen molar-refractivity contribution in [1.82, 2.24) is 0 Å². The van der Waals surface area contributed by atoms with Crippen LogP contribution in [0.5, 0.6) is 11.5 Å². The Bertz CT molecular complexity index is 921. The highest BCUT2D eigenvalue weighted by Crippen LogP contribution is 2.42. The Morgan fingerprint density at radius 2 is 1.90 bits per heavy atom. The lowest BCUT2D eigenvalue weighted by molar-refractivity contribution is -0.128. The second-order valence-corrected chi connectivity index (χ2v) is 9.47. The minimum atomic E-state index is -3.57. The van der Waals surface area contributed by atoms with Crippen molar-refractivity contribution < 1.29 is 31.6 Å². The van der Waals surface area contributed by atoms with Gasteiger partial charge in [0.05, 0.1) is 43.3 Å². The molecule has 1 fully saturated rings. The van der Waals surface area contributed by atoms with Gasteiger partial charge in [-0.15, -0.1) is 0 Å². The van der Waals surface area contributed by atoms with Crippen LogP contribution in [0.1, 0.15) is 38.2 Å². The minimum Gasteiger partial charge on any atom is -0.496 e. The van der Waals surface area contributed by atoms with E-state index in [0.29, 0.717) is 43.1 Å². The maximum atomic E-state index is 13.3. The molecular weight excluding hydrogens is 396 g/mol. The van der Waals surface area contributed by atoms with E-state index < -0.39 is 16.2 Å². The maximum absolute atomic E-state index is 13.3. The van der Waals surface area contributed by atoms with Gasteiger partial charge in [0, 0.05) is 12.8 Å². The van der Waals surface area contributed by atoms with Gasteiger partial charge in [-0.1, -0.05) is 19.4 Å². The van der Waals surface area contributed by atoms with Crippen LogP contribution in [0.15, 0.2) is 24.5 Å². The molecule has 158 valence electrons. The van der Waals surface area contributed by atoms with E-state index in [-0.39, 0.29) is 23.7 Å². The quantitative estimate of drug-likeness (QED) is 0.689. The first-order valence-corrected chi connectivity index (χ1v) is 11.9. The molecule has 1 aliphatic carbocycles. The van der Waals surface area contributed by atoms with Crippen LogP contribution < -0.4 is 9.47 Å². The third-order valence-electron chi connectivity index (χ3n) is 5.84. The fourth-order valence-electron chi connectivity index (χ4n) is 4.37. The number of benzene rings is 1. The molecule has 1 aromatic rings. The summed E-state index contributed by atoms with van der Waals surface area (Å²) >= 11 is 0. The maximum Gasteiger partial charge on any atom is 0.264 e. The zero-order valence-electron chi connectivity index (χ0n) is 16.6. The summed E-state index contributed by atoms with van der Waals surface area (Å²) in [4.78, 5) is 13.3. The molecule has 0 spiro atoms. The van der Waals surface area contributed by atoms with E-state index in [4.69, 9.17) is 18.4 Å². The molecule has 29 heavy (non-hydrogen) atoms. The SMILES string of the molecule is CCC1CC2C(=O)C(c3ccc4c(c3)OCCCO4)=COC2CC1OS(C)(=O)=O. The molecule has 4 unspecified atom stereocenters. The normalized spacial score (nSPS) is 29.3. The highest BCUT2D eigenvalue weighted by atomic mass is 32.2. The number of ether oxygens (including phenoxy) is 3. The van der Waals surface area contributed by atoms with Crippen LogP contribution in [-0.4, -0.2) is 45.9 Å². The Hall–Kier alpha value is -2.06. The Morgan fingerprint density at radius 3 is 2.62 bits per heavy atom. The number of rotatable bonds is 4. The Kier molecular flexibility index (Phi) is 5.57. The van der Waals surface area contributed by atoms with Crippen LogP contribution >= 0.6 is 0 Å². The van der Waals surface area contributed by atoms with Crippen LogP contribution in [0.2, 0.25) is 0 Å². The van der Waals surface area contributed by atoms with Gasteiger partial charge in [-0.05, 0) is 30.0 Å². The third kappa shape index (κ3) is 4.28. The van der Waals surface area contributed by atoms with Crippen molar-refractivity contribution in [2.75, 3.05) is 19.5 Å². The summed E-state index contributed by atoms with van der Waals surface area (Å²) in [5.74, 6) is 1.01. The van der Waals surface area contributed by atoms with Crippen LogP contribution in [0.3, 0.4) is 0 Å². The largest absolute Gasteiger partial charge is 0.496 e. The molecular formula is C21H26O7S. The lowest BCUT2D eigenvalue weighted by Crippen LogP contribution is -2.46. The van der Waals surface area contributed by atoms with Crippen molar-refractivity contribution in [3.63, 3.8) is 0 Å². The topological polar surface area (TPSA) is 88.1 Å². The van der Waals surface area contributed by atoms with Gasteiger partial charge in [0.15, 0.2) is 17.3 Å². The smallest absolute Gasteiger partial charge is 0.264 e. The van der Waals surface area contributed by atoms with E-state index in [0.717, 1.165) is 24.7 Å². The molecule has 4 rings (SSSR count). The van der Waals surface area contributed by atoms with Gasteiger partial charge < -0.3 is 14.2 Å². The van der Waals surface area contributed by atoms with Crippen molar-refractivity contribution in [3.8, 4) is 11.5 Å². The fourth-order valence-corrected chi connectivity index (χ4v) is 5.05. The summed E-state index contributed by atoms with van der Waals surface area (Å²) in [5, 5.41) is 0. The summed E-state index contributed by atoms with van der Waals surface area (Å²) < 4.78 is 45.8. The lowest BCUT2D eigenvalue weighted by Gasteiger charge is -2.41. The van der Waals surface area contributed by atoms with Crippen molar-refractivity contribution in [3.05, 3.63) is 30.0 Å². The van der Waals surface area contributed by atoms with Crippen LogP contribution in [0.4, 0.5) is 0 Å². The Morgan fingerprint density at radius 1 is 1.14 bits per heavy atom. The highest BCUT2D eigenvalue weighted by molar-refractivity contribution is 7.86. The molecule has 1 saturated carbocycles. The van der Waals surface area contributed by atoms with Crippen molar-refractivity contribution in [2.24, 2.45) is 11.8 Å². The lowest BCUT2D eigenvalue weighted by atomic mass is 9.72. The van der Waals surface area contributed by atoms with Gasteiger partial charge in [0.2, 0.25) is 0 Å². The van der Waals surface area contributed by atoms with Crippen LogP contribution in [-0.2, 0) is 23.8 Å². The number of ketones is 1. The van der Waals surface area contributed by atoms with E-state index in [2.05, 4.69) is 0 Å². The number of carbonyl (C=O) groups is 1. The van der Waals surface area contributed by atoms with Gasteiger partial charge in [-0.2, -0.15) is 8.42 Å². The summed E-state index contributed by atoms with van der Waals surface area (Å²) in [7, 11) is -3.57. The molecule has 0 bridgehead atoms. The average Bonchev–Trinajstić information content (AvgIpc) is 2.91. The van der Waals surface area contributed by atoms with Gasteiger partial charge in [-0.25, -0.2) is 0 Å². The van der Waals surface area contributed by atoms with Gasteiger partial charge >= 0.3 is 0 Å². The molecule has 0 aromatic heterocycles. The van der Waals surface area contributed by atoms with E-state index in [1.165, 1.54) is 6.26 Å². The van der Waals surface area contributed by atoms with E-state index in [1.807, 2.05) is 25.1 Å². The average molecular weight is 422 g/mol. The van der Waals surface area contributed by atoms with Gasteiger partial charge in [-0.3, -0.25) is 8.98 Å². The van der Waals surface area contributed by atoms with Gasteiger partial charge in [0.1, 0.15) is 6.10 Å². The first-order valence-electron chi connectivity index (χ1n) is 10.0. The van der Waals surface area contributed by atoms with Crippen molar-refractivity contribution >= 4 is 21.5 Å².